The number of nitrogens with two attached hydrogens (primary N) is 1. The Hall–Kier alpha value is -2.06. The molecular formula is C19H22ClF3N4O. The molecule has 2 aliphatic rings. The van der Waals surface area contributed by atoms with E-state index in [1.54, 1.807) is 11.0 Å². The third-order valence-electron chi connectivity index (χ3n) is 5.16. The number of piperidine rings is 1. The van der Waals surface area contributed by atoms with Crippen LogP contribution in [0, 0.1) is 0 Å². The summed E-state index contributed by atoms with van der Waals surface area (Å²) >= 11 is 0. The van der Waals surface area contributed by atoms with E-state index >= 15 is 0 Å². The van der Waals surface area contributed by atoms with Crippen molar-refractivity contribution in [2.45, 2.75) is 43.8 Å². The number of rotatable bonds is 3. The average Bonchev–Trinajstić information content (AvgIpc) is 3.38. The van der Waals surface area contributed by atoms with Crippen LogP contribution in [0.3, 0.4) is 0 Å². The predicted octanol–water partition coefficient (Wildman–Crippen LogP) is 3.75. The van der Waals surface area contributed by atoms with E-state index in [1.165, 1.54) is 16.9 Å². The lowest BCUT2D eigenvalue weighted by Gasteiger charge is -2.30. The molecule has 2 aromatic rings. The molecule has 1 saturated heterocycles. The molecule has 1 atom stereocenters. The number of benzene rings is 1. The van der Waals surface area contributed by atoms with Crippen LogP contribution in [0.1, 0.15) is 53.2 Å². The van der Waals surface area contributed by atoms with Crippen LogP contribution in [0.2, 0.25) is 0 Å². The third-order valence-corrected chi connectivity index (χ3v) is 5.16. The highest BCUT2D eigenvalue weighted by molar-refractivity contribution is 5.95. The minimum atomic E-state index is -4.43. The molecule has 28 heavy (non-hydrogen) atoms. The molecule has 1 unspecified atom stereocenters. The van der Waals surface area contributed by atoms with Gasteiger partial charge in [0.1, 0.15) is 0 Å². The van der Waals surface area contributed by atoms with Gasteiger partial charge in [0.15, 0.2) is 0 Å². The zero-order valence-corrected chi connectivity index (χ0v) is 16.0. The van der Waals surface area contributed by atoms with Gasteiger partial charge in [0.2, 0.25) is 0 Å². The fourth-order valence-electron chi connectivity index (χ4n) is 3.66. The quantitative estimate of drug-likeness (QED) is 0.831. The normalized spacial score (nSPS) is 20.0. The van der Waals surface area contributed by atoms with Crippen molar-refractivity contribution in [3.05, 3.63) is 47.3 Å². The smallest absolute Gasteiger partial charge is 0.337 e. The van der Waals surface area contributed by atoms with Crippen molar-refractivity contribution in [1.29, 1.82) is 0 Å². The first-order chi connectivity index (χ1) is 12.8. The van der Waals surface area contributed by atoms with E-state index in [4.69, 9.17) is 5.73 Å². The molecule has 1 aliphatic heterocycles. The van der Waals surface area contributed by atoms with Crippen molar-refractivity contribution >= 4 is 18.3 Å². The summed E-state index contributed by atoms with van der Waals surface area (Å²) in [5.74, 6) is 0.0183. The molecule has 2 fully saturated rings. The summed E-state index contributed by atoms with van der Waals surface area (Å²) < 4.78 is 40.7. The van der Waals surface area contributed by atoms with Crippen molar-refractivity contribution in [1.82, 2.24) is 14.7 Å². The molecular weight excluding hydrogens is 393 g/mol. The number of nitrogens with zero attached hydrogens (tertiary/aromatic N) is 3. The van der Waals surface area contributed by atoms with Crippen molar-refractivity contribution in [2.24, 2.45) is 5.73 Å². The van der Waals surface area contributed by atoms with Crippen molar-refractivity contribution in [3.8, 4) is 5.69 Å². The molecule has 152 valence electrons. The molecule has 2 N–H and O–H groups in total. The molecule has 1 saturated carbocycles. The number of amides is 1. The summed E-state index contributed by atoms with van der Waals surface area (Å²) in [6.45, 7) is 1.14. The topological polar surface area (TPSA) is 64.2 Å². The van der Waals surface area contributed by atoms with Gasteiger partial charge < -0.3 is 10.6 Å². The lowest BCUT2D eigenvalue weighted by Crippen LogP contribution is -2.45. The monoisotopic (exact) mass is 414 g/mol. The fraction of sp³-hybridized carbons (Fsp3) is 0.474. The number of alkyl halides is 3. The summed E-state index contributed by atoms with van der Waals surface area (Å²) in [7, 11) is 0. The highest BCUT2D eigenvalue weighted by Crippen LogP contribution is 2.43. The Balaban J connectivity index is 0.00000225. The van der Waals surface area contributed by atoms with E-state index in [9.17, 15) is 18.0 Å². The Bertz CT molecular complexity index is 863. The summed E-state index contributed by atoms with van der Waals surface area (Å²) in [4.78, 5) is 14.7. The molecule has 1 aliphatic carbocycles. The standard InChI is InChI=1S/C19H21F3N4O.ClH/c20-19(21,22)13-3-1-5-15(9-13)26-17(12-6-7-12)16(10-24-26)18(27)25-8-2-4-14(23)11-25;/h1,3,5,9-10,12,14H,2,4,6-8,11,23H2;1H. The Morgan fingerprint density at radius 2 is 1.96 bits per heavy atom. The summed E-state index contributed by atoms with van der Waals surface area (Å²) in [5, 5.41) is 4.28. The van der Waals surface area contributed by atoms with Crippen molar-refractivity contribution in [3.63, 3.8) is 0 Å². The van der Waals surface area contributed by atoms with Gasteiger partial charge >= 0.3 is 6.18 Å². The zero-order chi connectivity index (χ0) is 19.2. The molecule has 4 rings (SSSR count). The Labute approximate surface area is 167 Å². The number of carbonyl (C=O) groups is 1. The number of likely N-dealkylation sites (tertiary alicyclic amines) is 1. The Morgan fingerprint density at radius 3 is 2.61 bits per heavy atom. The number of carbonyl (C=O) groups excluding carboxylic acids is 1. The molecule has 0 bridgehead atoms. The minimum Gasteiger partial charge on any atom is -0.337 e. The van der Waals surface area contributed by atoms with Crippen LogP contribution >= 0.6 is 12.4 Å². The molecule has 1 amide bonds. The second-order valence-electron chi connectivity index (χ2n) is 7.33. The van der Waals surface area contributed by atoms with Gasteiger partial charge in [-0.1, -0.05) is 6.07 Å². The Kier molecular flexibility index (Phi) is 5.72. The predicted molar refractivity (Wildman–Crippen MR) is 101 cm³/mol. The lowest BCUT2D eigenvalue weighted by molar-refractivity contribution is -0.137. The van der Waals surface area contributed by atoms with Crippen LogP contribution in [-0.4, -0.2) is 39.7 Å². The van der Waals surface area contributed by atoms with Gasteiger partial charge in [0.05, 0.1) is 28.7 Å². The van der Waals surface area contributed by atoms with Crippen molar-refractivity contribution in [2.75, 3.05) is 13.1 Å². The summed E-state index contributed by atoms with van der Waals surface area (Å²) in [6.07, 6.45) is 0.618. The number of aromatic nitrogens is 2. The number of hydrogen-bond acceptors (Lipinski definition) is 3. The van der Waals surface area contributed by atoms with E-state index in [0.717, 1.165) is 37.8 Å². The van der Waals surface area contributed by atoms with Crippen molar-refractivity contribution < 1.29 is 18.0 Å². The van der Waals surface area contributed by atoms with Crippen LogP contribution in [0.15, 0.2) is 30.5 Å². The highest BCUT2D eigenvalue weighted by Gasteiger charge is 2.36. The molecule has 9 heteroatoms. The number of halogens is 4. The zero-order valence-electron chi connectivity index (χ0n) is 15.2. The van der Waals surface area contributed by atoms with Gasteiger partial charge in [-0.3, -0.25) is 4.79 Å². The van der Waals surface area contributed by atoms with Gasteiger partial charge in [0, 0.05) is 25.0 Å². The fourth-order valence-corrected chi connectivity index (χ4v) is 3.66. The minimum absolute atomic E-state index is 0. The molecule has 2 heterocycles. The van der Waals surface area contributed by atoms with Gasteiger partial charge in [-0.15, -0.1) is 12.4 Å². The van der Waals surface area contributed by atoms with E-state index in [-0.39, 0.29) is 30.3 Å². The first kappa shape index (κ1) is 20.7. The van der Waals surface area contributed by atoms with E-state index < -0.39 is 11.7 Å². The maximum atomic E-state index is 13.1. The number of hydrogen-bond donors (Lipinski definition) is 1. The maximum Gasteiger partial charge on any atom is 0.416 e. The first-order valence-corrected chi connectivity index (χ1v) is 9.15. The largest absolute Gasteiger partial charge is 0.416 e. The highest BCUT2D eigenvalue weighted by atomic mass is 35.5. The van der Waals surface area contributed by atoms with Crippen LogP contribution in [-0.2, 0) is 6.18 Å². The van der Waals surface area contributed by atoms with E-state index in [1.807, 2.05) is 0 Å². The lowest BCUT2D eigenvalue weighted by atomic mass is 10.0. The maximum absolute atomic E-state index is 13.1. The van der Waals surface area contributed by atoms with Crippen LogP contribution in [0.5, 0.6) is 0 Å². The third kappa shape index (κ3) is 4.03. The average molecular weight is 415 g/mol. The Morgan fingerprint density at radius 1 is 1.21 bits per heavy atom. The molecule has 1 aromatic heterocycles. The molecule has 0 radical (unpaired) electrons. The van der Waals surface area contributed by atoms with Gasteiger partial charge in [-0.2, -0.15) is 18.3 Å². The van der Waals surface area contributed by atoms with E-state index in [2.05, 4.69) is 5.10 Å². The second kappa shape index (κ2) is 7.75. The SMILES string of the molecule is Cl.NC1CCCN(C(=O)c2cnn(-c3cccc(C(F)(F)F)c3)c2C2CC2)C1. The molecule has 0 spiro atoms. The second-order valence-corrected chi connectivity index (χ2v) is 7.33. The first-order valence-electron chi connectivity index (χ1n) is 9.15. The molecule has 5 nitrogen and oxygen atoms in total. The van der Waals surface area contributed by atoms with Crippen LogP contribution in [0.25, 0.3) is 5.69 Å². The summed E-state index contributed by atoms with van der Waals surface area (Å²) in [5.41, 5.74) is 6.76. The van der Waals surface area contributed by atoms with E-state index in [0.29, 0.717) is 30.0 Å². The summed E-state index contributed by atoms with van der Waals surface area (Å²) in [6, 6.07) is 5.01. The van der Waals surface area contributed by atoms with Gasteiger partial charge in [-0.25, -0.2) is 4.68 Å². The van der Waals surface area contributed by atoms with Crippen LogP contribution in [0.4, 0.5) is 13.2 Å². The van der Waals surface area contributed by atoms with Crippen LogP contribution < -0.4 is 5.73 Å². The molecule has 1 aromatic carbocycles. The van der Waals surface area contributed by atoms with Gasteiger partial charge in [-0.05, 0) is 43.9 Å². The van der Waals surface area contributed by atoms with Gasteiger partial charge in [0.25, 0.3) is 5.91 Å².